The van der Waals surface area contributed by atoms with Crippen LogP contribution < -0.4 is 15.8 Å². The third-order valence-corrected chi connectivity index (χ3v) is 6.10. The van der Waals surface area contributed by atoms with E-state index in [-0.39, 0.29) is 10.9 Å². The number of hydrogen-bond donors (Lipinski definition) is 3. The average Bonchev–Trinajstić information content (AvgIpc) is 2.97. The molecule has 0 aliphatic heterocycles. The van der Waals surface area contributed by atoms with Gasteiger partial charge in [-0.25, -0.2) is 23.3 Å². The van der Waals surface area contributed by atoms with E-state index >= 15 is 0 Å². The highest BCUT2D eigenvalue weighted by Gasteiger charge is 2.15. The second kappa shape index (κ2) is 7.51. The number of benzene rings is 1. The summed E-state index contributed by atoms with van der Waals surface area (Å²) >= 11 is 1.74. The molecule has 2 aromatic rings. The maximum atomic E-state index is 11.9. The van der Waals surface area contributed by atoms with E-state index in [1.807, 2.05) is 0 Å². The van der Waals surface area contributed by atoms with Crippen molar-refractivity contribution < 1.29 is 13.2 Å². The van der Waals surface area contributed by atoms with Gasteiger partial charge in [0.25, 0.3) is 0 Å². The lowest BCUT2D eigenvalue weighted by atomic mass is 10.0. The Hall–Kier alpha value is -1.97. The van der Waals surface area contributed by atoms with Gasteiger partial charge in [0.05, 0.1) is 15.6 Å². The van der Waals surface area contributed by atoms with Crippen molar-refractivity contribution in [2.75, 3.05) is 11.9 Å². The zero-order valence-electron chi connectivity index (χ0n) is 13.6. The minimum Gasteiger partial charge on any atom is -0.337 e. The zero-order chi connectivity index (χ0) is 17.9. The van der Waals surface area contributed by atoms with Gasteiger partial charge in [0.2, 0.25) is 10.0 Å². The number of primary sulfonamides is 1. The molecule has 0 spiro atoms. The molecular formula is C16H20N4O3S2. The molecule has 1 aromatic carbocycles. The van der Waals surface area contributed by atoms with E-state index in [9.17, 15) is 13.2 Å². The van der Waals surface area contributed by atoms with Crippen LogP contribution in [0.25, 0.3) is 0 Å². The molecule has 0 unspecified atom stereocenters. The van der Waals surface area contributed by atoms with E-state index in [0.717, 1.165) is 17.8 Å². The Kier molecular flexibility index (Phi) is 5.36. The van der Waals surface area contributed by atoms with Crippen molar-refractivity contribution in [2.24, 2.45) is 5.14 Å². The molecule has 0 saturated heterocycles. The number of nitrogens with two attached hydrogens (primary N) is 1. The van der Waals surface area contributed by atoms with Gasteiger partial charge in [-0.3, -0.25) is 0 Å². The van der Waals surface area contributed by atoms with E-state index in [1.165, 1.54) is 47.7 Å². The molecule has 0 fully saturated rings. The summed E-state index contributed by atoms with van der Waals surface area (Å²) in [5.41, 5.74) is 1.72. The van der Waals surface area contributed by atoms with Crippen molar-refractivity contribution in [1.82, 2.24) is 10.3 Å². The number of aromatic nitrogens is 1. The summed E-state index contributed by atoms with van der Waals surface area (Å²) in [6, 6.07) is 5.35. The van der Waals surface area contributed by atoms with Crippen LogP contribution in [0.2, 0.25) is 0 Å². The predicted octanol–water partition coefficient (Wildman–Crippen LogP) is 2.03. The number of fused-ring (bicyclic) bond motifs is 1. The number of carbonyl (C=O) groups excluding carboxylic acids is 1. The zero-order valence-corrected chi connectivity index (χ0v) is 15.3. The summed E-state index contributed by atoms with van der Waals surface area (Å²) in [7, 11) is -3.73. The maximum Gasteiger partial charge on any atom is 0.319 e. The molecule has 134 valence electrons. The lowest BCUT2D eigenvalue weighted by Gasteiger charge is -2.07. The number of sulfonamides is 1. The molecule has 0 bridgehead atoms. The number of anilines is 1. The first-order chi connectivity index (χ1) is 11.9. The molecule has 1 aliphatic carbocycles. The van der Waals surface area contributed by atoms with Gasteiger partial charge < -0.3 is 10.6 Å². The van der Waals surface area contributed by atoms with E-state index < -0.39 is 10.0 Å². The molecule has 9 heteroatoms. The molecule has 1 aliphatic rings. The van der Waals surface area contributed by atoms with Crippen LogP contribution >= 0.6 is 11.3 Å². The monoisotopic (exact) mass is 380 g/mol. The van der Waals surface area contributed by atoms with Crippen molar-refractivity contribution in [3.8, 4) is 0 Å². The van der Waals surface area contributed by atoms with Crippen LogP contribution in [-0.4, -0.2) is 26.0 Å². The normalized spacial score (nSPS) is 14.0. The van der Waals surface area contributed by atoms with E-state index in [1.54, 1.807) is 11.3 Å². The lowest BCUT2D eigenvalue weighted by Crippen LogP contribution is -2.30. The van der Waals surface area contributed by atoms with Crippen molar-refractivity contribution in [2.45, 2.75) is 37.0 Å². The summed E-state index contributed by atoms with van der Waals surface area (Å²) in [5, 5.41) is 11.5. The standard InChI is InChI=1S/C16H20N4O3S2/c17-25(22,23)12-7-5-11(6-8-12)19-16(21)18-10-9-15-20-13-3-1-2-4-14(13)24-15/h5-8H,1-4,9-10H2,(H2,17,22,23)(H2,18,19,21). The van der Waals surface area contributed by atoms with Crippen LogP contribution in [0.3, 0.4) is 0 Å². The quantitative estimate of drug-likeness (QED) is 0.736. The molecule has 0 radical (unpaired) electrons. The van der Waals surface area contributed by atoms with Crippen LogP contribution in [0.5, 0.6) is 0 Å². The third kappa shape index (κ3) is 4.77. The topological polar surface area (TPSA) is 114 Å². The number of nitrogens with zero attached hydrogens (tertiary/aromatic N) is 1. The van der Waals surface area contributed by atoms with Crippen molar-refractivity contribution in [3.05, 3.63) is 39.8 Å². The fourth-order valence-corrected chi connectivity index (χ4v) is 4.37. The van der Waals surface area contributed by atoms with Gasteiger partial charge in [-0.15, -0.1) is 11.3 Å². The Morgan fingerprint density at radius 1 is 1.20 bits per heavy atom. The number of hydrogen-bond acceptors (Lipinski definition) is 5. The van der Waals surface area contributed by atoms with Gasteiger partial charge in [0.15, 0.2) is 0 Å². The minimum atomic E-state index is -3.73. The SMILES string of the molecule is NS(=O)(=O)c1ccc(NC(=O)NCCc2nc3c(s2)CCCC3)cc1. The summed E-state index contributed by atoms with van der Waals surface area (Å²) in [6.45, 7) is 0.494. The lowest BCUT2D eigenvalue weighted by molar-refractivity contribution is 0.252. The second-order valence-corrected chi connectivity index (χ2v) is 8.61. The van der Waals surface area contributed by atoms with Crippen LogP contribution in [0.4, 0.5) is 10.5 Å². The fourth-order valence-electron chi connectivity index (χ4n) is 2.70. The number of urea groups is 1. The summed E-state index contributed by atoms with van der Waals surface area (Å²) in [5.74, 6) is 0. The van der Waals surface area contributed by atoms with Gasteiger partial charge in [-0.1, -0.05) is 0 Å². The van der Waals surface area contributed by atoms with Gasteiger partial charge in [-0.2, -0.15) is 0 Å². The highest BCUT2D eigenvalue weighted by molar-refractivity contribution is 7.89. The van der Waals surface area contributed by atoms with Crippen LogP contribution in [0, 0.1) is 0 Å². The minimum absolute atomic E-state index is 0.00574. The third-order valence-electron chi connectivity index (χ3n) is 3.96. The first-order valence-corrected chi connectivity index (χ1v) is 10.4. The number of thiazole rings is 1. The second-order valence-electron chi connectivity index (χ2n) is 5.88. The van der Waals surface area contributed by atoms with Crippen LogP contribution in [-0.2, 0) is 29.3 Å². The Bertz CT molecular complexity index is 837. The Morgan fingerprint density at radius 3 is 2.60 bits per heavy atom. The molecule has 25 heavy (non-hydrogen) atoms. The molecule has 1 aromatic heterocycles. The predicted molar refractivity (Wildman–Crippen MR) is 97.3 cm³/mol. The number of rotatable bonds is 5. The number of nitrogens with one attached hydrogen (secondary N) is 2. The molecule has 0 saturated carbocycles. The summed E-state index contributed by atoms with van der Waals surface area (Å²) in [6.07, 6.45) is 5.33. The summed E-state index contributed by atoms with van der Waals surface area (Å²) in [4.78, 5) is 17.9. The first-order valence-electron chi connectivity index (χ1n) is 8.07. The first kappa shape index (κ1) is 17.8. The Balaban J connectivity index is 1.47. The highest BCUT2D eigenvalue weighted by atomic mass is 32.2. The molecule has 4 N–H and O–H groups in total. The van der Waals surface area contributed by atoms with Gasteiger partial charge in [0, 0.05) is 23.5 Å². The van der Waals surface area contributed by atoms with Gasteiger partial charge in [0.1, 0.15) is 0 Å². The molecular weight excluding hydrogens is 360 g/mol. The van der Waals surface area contributed by atoms with E-state index in [0.29, 0.717) is 18.7 Å². The molecule has 0 atom stereocenters. The Labute approximate surface area is 150 Å². The summed E-state index contributed by atoms with van der Waals surface area (Å²) < 4.78 is 22.4. The number of aryl methyl sites for hydroxylation is 2. The van der Waals surface area contributed by atoms with Crippen molar-refractivity contribution >= 4 is 33.1 Å². The van der Waals surface area contributed by atoms with Crippen molar-refractivity contribution in [3.63, 3.8) is 0 Å². The largest absolute Gasteiger partial charge is 0.337 e. The van der Waals surface area contributed by atoms with Gasteiger partial charge >= 0.3 is 6.03 Å². The van der Waals surface area contributed by atoms with E-state index in [2.05, 4.69) is 15.6 Å². The Morgan fingerprint density at radius 2 is 1.92 bits per heavy atom. The van der Waals surface area contributed by atoms with E-state index in [4.69, 9.17) is 5.14 Å². The fraction of sp³-hybridized carbons (Fsp3) is 0.375. The van der Waals surface area contributed by atoms with Gasteiger partial charge in [-0.05, 0) is 49.9 Å². The average molecular weight is 380 g/mol. The molecule has 1 heterocycles. The maximum absolute atomic E-state index is 11.9. The smallest absolute Gasteiger partial charge is 0.319 e. The van der Waals surface area contributed by atoms with Crippen LogP contribution in [0.1, 0.15) is 28.4 Å². The highest BCUT2D eigenvalue weighted by Crippen LogP contribution is 2.26. The number of carbonyl (C=O) groups is 1. The molecule has 3 rings (SSSR count). The van der Waals surface area contributed by atoms with Crippen LogP contribution in [0.15, 0.2) is 29.2 Å². The molecule has 2 amide bonds. The molecule has 7 nitrogen and oxygen atoms in total. The van der Waals surface area contributed by atoms with Crippen molar-refractivity contribution in [1.29, 1.82) is 0 Å². The number of amides is 2.